The molecule has 0 saturated heterocycles. The van der Waals surface area contributed by atoms with Crippen molar-refractivity contribution in [1.82, 2.24) is 0 Å². The second-order valence-electron chi connectivity index (χ2n) is 3.23. The summed E-state index contributed by atoms with van der Waals surface area (Å²) in [5, 5.41) is 0. The molecule has 13 heavy (non-hydrogen) atoms. The molecule has 0 heterocycles. The predicted molar refractivity (Wildman–Crippen MR) is 48.1 cm³/mol. The normalized spacial score (nSPS) is 18.6. The number of rotatable bonds is 3. The van der Waals surface area contributed by atoms with E-state index < -0.39 is 11.4 Å². The Morgan fingerprint density at radius 3 is 2.31 bits per heavy atom. The lowest BCUT2D eigenvalue weighted by Gasteiger charge is -2.23. The van der Waals surface area contributed by atoms with Gasteiger partial charge in [-0.1, -0.05) is 19.1 Å². The first-order valence-corrected chi connectivity index (χ1v) is 4.44. The molecule has 0 spiro atoms. The monoisotopic (exact) mass is 182 g/mol. The number of ether oxygens (including phenoxy) is 1. The zero-order valence-electron chi connectivity index (χ0n) is 8.00. The molecule has 0 fully saturated rings. The van der Waals surface area contributed by atoms with E-state index in [0.717, 1.165) is 0 Å². The van der Waals surface area contributed by atoms with Gasteiger partial charge in [0.25, 0.3) is 0 Å². The molecule has 0 N–H and O–H groups in total. The van der Waals surface area contributed by atoms with E-state index in [9.17, 15) is 9.59 Å². The molecule has 0 radical (unpaired) electrons. The molecular weight excluding hydrogens is 168 g/mol. The Labute approximate surface area is 77.8 Å². The van der Waals surface area contributed by atoms with E-state index in [1.54, 1.807) is 6.92 Å². The first-order chi connectivity index (χ1) is 6.17. The molecule has 0 amide bonds. The minimum Gasteiger partial charge on any atom is -0.468 e. The first-order valence-electron chi connectivity index (χ1n) is 4.44. The van der Waals surface area contributed by atoms with Crippen molar-refractivity contribution in [3.63, 3.8) is 0 Å². The summed E-state index contributed by atoms with van der Waals surface area (Å²) in [5.74, 6) is -0.422. The summed E-state index contributed by atoms with van der Waals surface area (Å²) in [5.41, 5.74) is -0.899. The SMILES string of the molecule is CCC(=O)C1(C(=O)OC)CC=CC1. The van der Waals surface area contributed by atoms with Gasteiger partial charge in [0.2, 0.25) is 0 Å². The number of allylic oxidation sites excluding steroid dienone is 2. The molecule has 1 aliphatic carbocycles. The molecule has 0 aromatic heterocycles. The van der Waals surface area contributed by atoms with Gasteiger partial charge in [0.05, 0.1) is 7.11 Å². The largest absolute Gasteiger partial charge is 0.468 e. The number of Topliss-reactive ketones (excluding diaryl/α,β-unsaturated/α-hetero) is 1. The van der Waals surface area contributed by atoms with Crippen LogP contribution in [0.2, 0.25) is 0 Å². The molecule has 3 nitrogen and oxygen atoms in total. The second-order valence-corrected chi connectivity index (χ2v) is 3.23. The minimum absolute atomic E-state index is 0.0237. The van der Waals surface area contributed by atoms with Crippen molar-refractivity contribution in [1.29, 1.82) is 0 Å². The number of ketones is 1. The highest BCUT2D eigenvalue weighted by Crippen LogP contribution is 2.36. The van der Waals surface area contributed by atoms with E-state index in [2.05, 4.69) is 4.74 Å². The molecule has 3 heteroatoms. The molecular formula is C10H14O3. The predicted octanol–water partition coefficient (Wildman–Crippen LogP) is 1.47. The number of carbonyl (C=O) groups is 2. The summed E-state index contributed by atoms with van der Waals surface area (Å²) in [7, 11) is 1.32. The van der Waals surface area contributed by atoms with E-state index >= 15 is 0 Å². The van der Waals surface area contributed by atoms with Crippen LogP contribution in [0, 0.1) is 5.41 Å². The van der Waals surface area contributed by atoms with Crippen LogP contribution in [0.5, 0.6) is 0 Å². The molecule has 0 atom stereocenters. The summed E-state index contributed by atoms with van der Waals surface area (Å²) in [6.45, 7) is 1.77. The Morgan fingerprint density at radius 1 is 1.38 bits per heavy atom. The minimum atomic E-state index is -0.899. The van der Waals surface area contributed by atoms with Crippen molar-refractivity contribution in [2.45, 2.75) is 26.2 Å². The number of carbonyl (C=O) groups excluding carboxylic acids is 2. The summed E-state index contributed by atoms with van der Waals surface area (Å²) < 4.78 is 4.66. The third-order valence-corrected chi connectivity index (χ3v) is 2.53. The molecule has 0 aromatic rings. The van der Waals surface area contributed by atoms with E-state index in [4.69, 9.17) is 0 Å². The standard InChI is InChI=1S/C10H14O3/c1-3-8(11)10(9(12)13-2)6-4-5-7-10/h4-5H,3,6-7H2,1-2H3. The second kappa shape index (κ2) is 3.73. The Morgan fingerprint density at radius 2 is 1.92 bits per heavy atom. The molecule has 0 aromatic carbocycles. The Kier molecular flexibility index (Phi) is 2.86. The van der Waals surface area contributed by atoms with Crippen molar-refractivity contribution in [3.8, 4) is 0 Å². The molecule has 0 saturated carbocycles. The smallest absolute Gasteiger partial charge is 0.319 e. The van der Waals surface area contributed by atoms with Gasteiger partial charge < -0.3 is 4.74 Å². The van der Waals surface area contributed by atoms with E-state index in [1.165, 1.54) is 7.11 Å². The van der Waals surface area contributed by atoms with E-state index in [1.807, 2.05) is 12.2 Å². The van der Waals surface area contributed by atoms with E-state index in [0.29, 0.717) is 19.3 Å². The number of hydrogen-bond acceptors (Lipinski definition) is 3. The van der Waals surface area contributed by atoms with Gasteiger partial charge in [0.1, 0.15) is 5.41 Å². The maximum Gasteiger partial charge on any atom is 0.319 e. The maximum absolute atomic E-state index is 11.6. The zero-order valence-corrected chi connectivity index (χ0v) is 8.00. The maximum atomic E-state index is 11.6. The van der Waals surface area contributed by atoms with E-state index in [-0.39, 0.29) is 5.78 Å². The summed E-state index contributed by atoms with van der Waals surface area (Å²) >= 11 is 0. The molecule has 0 bridgehead atoms. The average molecular weight is 182 g/mol. The van der Waals surface area contributed by atoms with Gasteiger partial charge in [0.15, 0.2) is 5.78 Å². The van der Waals surface area contributed by atoms with Crippen LogP contribution in [-0.4, -0.2) is 18.9 Å². The summed E-state index contributed by atoms with van der Waals surface area (Å²) in [6, 6.07) is 0. The van der Waals surface area contributed by atoms with Crippen LogP contribution < -0.4 is 0 Å². The van der Waals surface area contributed by atoms with Gasteiger partial charge in [-0.05, 0) is 12.8 Å². The molecule has 0 unspecified atom stereocenters. The van der Waals surface area contributed by atoms with Crippen molar-refractivity contribution in [2.75, 3.05) is 7.11 Å². The van der Waals surface area contributed by atoms with Gasteiger partial charge in [-0.2, -0.15) is 0 Å². The fourth-order valence-corrected chi connectivity index (χ4v) is 1.69. The van der Waals surface area contributed by atoms with Crippen molar-refractivity contribution < 1.29 is 14.3 Å². The van der Waals surface area contributed by atoms with Gasteiger partial charge >= 0.3 is 5.97 Å². The van der Waals surface area contributed by atoms with Crippen molar-refractivity contribution in [3.05, 3.63) is 12.2 Å². The van der Waals surface area contributed by atoms with Crippen LogP contribution >= 0.6 is 0 Å². The summed E-state index contributed by atoms with van der Waals surface area (Å²) in [4.78, 5) is 23.0. The van der Waals surface area contributed by atoms with Gasteiger partial charge in [-0.25, -0.2) is 0 Å². The molecule has 72 valence electrons. The van der Waals surface area contributed by atoms with Crippen LogP contribution in [0.25, 0.3) is 0 Å². The van der Waals surface area contributed by atoms with Crippen LogP contribution in [0.4, 0.5) is 0 Å². The molecule has 1 rings (SSSR count). The van der Waals surface area contributed by atoms with Crippen LogP contribution in [0.1, 0.15) is 26.2 Å². The number of esters is 1. The highest BCUT2D eigenvalue weighted by atomic mass is 16.5. The highest BCUT2D eigenvalue weighted by molar-refractivity contribution is 6.04. The third-order valence-electron chi connectivity index (χ3n) is 2.53. The van der Waals surface area contributed by atoms with Gasteiger partial charge in [-0.15, -0.1) is 0 Å². The van der Waals surface area contributed by atoms with Crippen molar-refractivity contribution in [2.24, 2.45) is 5.41 Å². The average Bonchev–Trinajstić information content (AvgIpc) is 2.65. The highest BCUT2D eigenvalue weighted by Gasteiger charge is 2.45. The third kappa shape index (κ3) is 1.50. The van der Waals surface area contributed by atoms with Gasteiger partial charge in [-0.3, -0.25) is 9.59 Å². The quantitative estimate of drug-likeness (QED) is 0.377. The Bertz CT molecular complexity index is 227. The zero-order chi connectivity index (χ0) is 9.90. The lowest BCUT2D eigenvalue weighted by atomic mass is 9.80. The Hall–Kier alpha value is -1.12. The molecule has 0 aliphatic heterocycles. The summed E-state index contributed by atoms with van der Waals surface area (Å²) in [6.07, 6.45) is 5.10. The van der Waals surface area contributed by atoms with Crippen LogP contribution in [0.15, 0.2) is 12.2 Å². The lowest BCUT2D eigenvalue weighted by Crippen LogP contribution is -2.37. The fraction of sp³-hybridized carbons (Fsp3) is 0.600. The number of methoxy groups -OCH3 is 1. The Balaban J connectivity index is 2.88. The van der Waals surface area contributed by atoms with Crippen molar-refractivity contribution >= 4 is 11.8 Å². The topological polar surface area (TPSA) is 43.4 Å². The van der Waals surface area contributed by atoms with Gasteiger partial charge in [0, 0.05) is 6.42 Å². The molecule has 1 aliphatic rings. The number of hydrogen-bond donors (Lipinski definition) is 0. The first kappa shape index (κ1) is 9.96. The fourth-order valence-electron chi connectivity index (χ4n) is 1.69. The lowest BCUT2D eigenvalue weighted by molar-refractivity contribution is -0.157. The van der Waals surface area contributed by atoms with Crippen LogP contribution in [-0.2, 0) is 14.3 Å². The van der Waals surface area contributed by atoms with Crippen LogP contribution in [0.3, 0.4) is 0 Å².